The molecular formula is C25H34F2N6O3. The van der Waals surface area contributed by atoms with E-state index in [4.69, 9.17) is 9.47 Å². The topological polar surface area (TPSA) is 93.9 Å². The smallest absolute Gasteiger partial charge is 0.281 e. The Bertz CT molecular complexity index is 1160. The number of ether oxygens (including phenoxy) is 2. The third-order valence-corrected chi connectivity index (χ3v) is 6.25. The highest BCUT2D eigenvalue weighted by atomic mass is 19.3. The first-order valence-corrected chi connectivity index (χ1v) is 12.0. The molecule has 0 aliphatic heterocycles. The third-order valence-electron chi connectivity index (χ3n) is 6.25. The van der Waals surface area contributed by atoms with Crippen molar-refractivity contribution in [1.29, 1.82) is 0 Å². The SMILES string of the molecule is CCN(C=O)C(C)c1cc(-c2cn3ccnc3c(OCC(F)(F)CCCC(C)NC)n2)c(OC)cn1. The van der Waals surface area contributed by atoms with Gasteiger partial charge in [0.05, 0.1) is 30.7 Å². The largest absolute Gasteiger partial charge is 0.494 e. The fourth-order valence-electron chi connectivity index (χ4n) is 3.85. The van der Waals surface area contributed by atoms with Gasteiger partial charge in [0.25, 0.3) is 11.8 Å². The molecule has 3 aromatic heterocycles. The molecule has 1 amide bonds. The Morgan fingerprint density at radius 2 is 2.08 bits per heavy atom. The highest BCUT2D eigenvalue weighted by molar-refractivity contribution is 5.69. The molecule has 0 bridgehead atoms. The van der Waals surface area contributed by atoms with Gasteiger partial charge < -0.3 is 24.1 Å². The molecule has 3 heterocycles. The quantitative estimate of drug-likeness (QED) is 0.330. The number of hydrogen-bond donors (Lipinski definition) is 1. The Kier molecular flexibility index (Phi) is 9.14. The van der Waals surface area contributed by atoms with E-state index in [2.05, 4.69) is 20.3 Å². The summed E-state index contributed by atoms with van der Waals surface area (Å²) in [6.45, 7) is 5.42. The van der Waals surface area contributed by atoms with Gasteiger partial charge in [0, 0.05) is 43.2 Å². The van der Waals surface area contributed by atoms with E-state index in [0.29, 0.717) is 47.7 Å². The van der Waals surface area contributed by atoms with Gasteiger partial charge in [-0.1, -0.05) is 0 Å². The first kappa shape index (κ1) is 27.3. The molecule has 36 heavy (non-hydrogen) atoms. The van der Waals surface area contributed by atoms with Gasteiger partial charge in [0.15, 0.2) is 6.61 Å². The van der Waals surface area contributed by atoms with E-state index in [1.165, 1.54) is 7.11 Å². The van der Waals surface area contributed by atoms with Crippen molar-refractivity contribution >= 4 is 12.1 Å². The summed E-state index contributed by atoms with van der Waals surface area (Å²) in [5.74, 6) is -2.57. The highest BCUT2D eigenvalue weighted by Gasteiger charge is 2.30. The zero-order valence-corrected chi connectivity index (χ0v) is 21.4. The van der Waals surface area contributed by atoms with E-state index in [1.54, 1.807) is 40.2 Å². The van der Waals surface area contributed by atoms with Gasteiger partial charge in [0.2, 0.25) is 12.1 Å². The number of halogens is 2. The van der Waals surface area contributed by atoms with Crippen LogP contribution in [-0.2, 0) is 4.79 Å². The number of methoxy groups -OCH3 is 1. The maximum Gasteiger partial charge on any atom is 0.281 e. The van der Waals surface area contributed by atoms with Gasteiger partial charge in [-0.3, -0.25) is 9.78 Å². The van der Waals surface area contributed by atoms with Crippen molar-refractivity contribution in [2.75, 3.05) is 27.3 Å². The third kappa shape index (κ3) is 6.45. The molecule has 0 fully saturated rings. The monoisotopic (exact) mass is 504 g/mol. The number of amides is 1. The molecule has 2 atom stereocenters. The van der Waals surface area contributed by atoms with Crippen LogP contribution in [0.3, 0.4) is 0 Å². The fourth-order valence-corrected chi connectivity index (χ4v) is 3.85. The molecule has 0 aliphatic carbocycles. The summed E-state index contributed by atoms with van der Waals surface area (Å²) >= 11 is 0. The van der Waals surface area contributed by atoms with Crippen LogP contribution in [0, 0.1) is 0 Å². The maximum absolute atomic E-state index is 14.6. The number of rotatable bonds is 14. The number of aromatic nitrogens is 4. The predicted molar refractivity (Wildman–Crippen MR) is 132 cm³/mol. The zero-order chi connectivity index (χ0) is 26.3. The van der Waals surface area contributed by atoms with E-state index in [0.717, 1.165) is 6.41 Å². The second kappa shape index (κ2) is 12.1. The summed E-state index contributed by atoms with van der Waals surface area (Å²) in [5, 5.41) is 3.05. The molecule has 0 aromatic carbocycles. The highest BCUT2D eigenvalue weighted by Crippen LogP contribution is 2.33. The van der Waals surface area contributed by atoms with Gasteiger partial charge in [-0.15, -0.1) is 0 Å². The number of alkyl halides is 2. The van der Waals surface area contributed by atoms with Gasteiger partial charge >= 0.3 is 0 Å². The van der Waals surface area contributed by atoms with Crippen molar-refractivity contribution in [2.24, 2.45) is 0 Å². The Hall–Kier alpha value is -3.34. The fraction of sp³-hybridized carbons (Fsp3) is 0.520. The number of nitrogens with one attached hydrogen (secondary N) is 1. The molecule has 9 nitrogen and oxygen atoms in total. The summed E-state index contributed by atoms with van der Waals surface area (Å²) in [4.78, 5) is 26.2. The molecule has 3 rings (SSSR count). The second-order valence-corrected chi connectivity index (χ2v) is 8.74. The first-order valence-electron chi connectivity index (χ1n) is 12.0. The number of nitrogens with zero attached hydrogens (tertiary/aromatic N) is 5. The molecule has 3 aromatic rings. The number of fused-ring (bicyclic) bond motifs is 1. The van der Waals surface area contributed by atoms with Gasteiger partial charge in [-0.05, 0) is 46.7 Å². The van der Waals surface area contributed by atoms with Crippen LogP contribution < -0.4 is 14.8 Å². The summed E-state index contributed by atoms with van der Waals surface area (Å²) in [6.07, 6.45) is 8.02. The van der Waals surface area contributed by atoms with Crippen LogP contribution in [0.2, 0.25) is 0 Å². The molecule has 0 saturated heterocycles. The Morgan fingerprint density at radius 3 is 2.75 bits per heavy atom. The van der Waals surface area contributed by atoms with Crippen LogP contribution in [-0.4, -0.2) is 69.9 Å². The van der Waals surface area contributed by atoms with Crippen LogP contribution in [0.5, 0.6) is 11.6 Å². The molecule has 2 unspecified atom stereocenters. The molecule has 0 spiro atoms. The van der Waals surface area contributed by atoms with E-state index >= 15 is 0 Å². The summed E-state index contributed by atoms with van der Waals surface area (Å²) < 4.78 is 41.8. The van der Waals surface area contributed by atoms with Crippen molar-refractivity contribution in [3.63, 3.8) is 0 Å². The molecule has 0 aliphatic rings. The number of hydrogen-bond acceptors (Lipinski definition) is 7. The zero-order valence-electron chi connectivity index (χ0n) is 21.4. The van der Waals surface area contributed by atoms with Gasteiger partial charge in [0.1, 0.15) is 5.75 Å². The minimum absolute atomic E-state index is 0.00249. The van der Waals surface area contributed by atoms with Crippen LogP contribution in [0.4, 0.5) is 8.78 Å². The lowest BCUT2D eigenvalue weighted by Gasteiger charge is -2.23. The number of carbonyl (C=O) groups is 1. The average Bonchev–Trinajstić information content (AvgIpc) is 3.36. The van der Waals surface area contributed by atoms with Crippen molar-refractivity contribution < 1.29 is 23.0 Å². The van der Waals surface area contributed by atoms with Gasteiger partial charge in [-0.25, -0.2) is 18.7 Å². The first-order chi connectivity index (χ1) is 17.2. The molecule has 11 heteroatoms. The lowest BCUT2D eigenvalue weighted by molar-refractivity contribution is -0.119. The van der Waals surface area contributed by atoms with Crippen molar-refractivity contribution in [3.8, 4) is 22.9 Å². The maximum atomic E-state index is 14.6. The normalized spacial score (nSPS) is 13.4. The summed E-state index contributed by atoms with van der Waals surface area (Å²) in [5.41, 5.74) is 1.99. The van der Waals surface area contributed by atoms with Crippen molar-refractivity contribution in [3.05, 3.63) is 36.5 Å². The van der Waals surface area contributed by atoms with Gasteiger partial charge in [-0.2, -0.15) is 0 Å². The minimum atomic E-state index is -3.01. The second-order valence-electron chi connectivity index (χ2n) is 8.74. The van der Waals surface area contributed by atoms with Crippen LogP contribution in [0.25, 0.3) is 16.9 Å². The number of imidazole rings is 1. The van der Waals surface area contributed by atoms with E-state index < -0.39 is 12.5 Å². The lowest BCUT2D eigenvalue weighted by atomic mass is 10.1. The molecule has 0 saturated carbocycles. The van der Waals surface area contributed by atoms with E-state index in [9.17, 15) is 13.6 Å². The molecular weight excluding hydrogens is 470 g/mol. The Balaban J connectivity index is 1.91. The minimum Gasteiger partial charge on any atom is -0.494 e. The standard InChI is InChI=1S/C25H34F2N6O3/c1-6-32(16-34)18(3)20-12-19(22(35-5)13-30-20)21-14-33-11-10-29-23(33)24(31-21)36-15-25(26,27)9-7-8-17(2)28-4/h10-14,16-18,28H,6-9,15H2,1-5H3. The number of pyridine rings is 1. The van der Waals surface area contributed by atoms with E-state index in [-0.39, 0.29) is 24.4 Å². The van der Waals surface area contributed by atoms with Crippen LogP contribution in [0.15, 0.2) is 30.9 Å². The molecule has 196 valence electrons. The predicted octanol–water partition coefficient (Wildman–Crippen LogP) is 4.13. The van der Waals surface area contributed by atoms with Crippen LogP contribution >= 0.6 is 0 Å². The Morgan fingerprint density at radius 1 is 1.31 bits per heavy atom. The number of carbonyl (C=O) groups excluding carboxylic acids is 1. The molecule has 1 N–H and O–H groups in total. The molecule has 0 radical (unpaired) electrons. The van der Waals surface area contributed by atoms with Crippen LogP contribution in [0.1, 0.15) is 51.8 Å². The average molecular weight is 505 g/mol. The van der Waals surface area contributed by atoms with Crippen molar-refractivity contribution in [1.82, 2.24) is 29.6 Å². The lowest BCUT2D eigenvalue weighted by Crippen LogP contribution is -2.27. The van der Waals surface area contributed by atoms with Crippen molar-refractivity contribution in [2.45, 2.75) is 58.0 Å². The summed E-state index contributed by atoms with van der Waals surface area (Å²) in [7, 11) is 3.32. The van der Waals surface area contributed by atoms with E-state index in [1.807, 2.05) is 27.8 Å². The summed E-state index contributed by atoms with van der Waals surface area (Å²) in [6, 6.07) is 1.67. The Labute approximate surface area is 209 Å².